The number of carbonyl (C=O) groups excluding carboxylic acids is 3. The number of anilines is 3. The maximum atomic E-state index is 13.7. The molecule has 2 atom stereocenters. The highest BCUT2D eigenvalue weighted by molar-refractivity contribution is 6.15. The van der Waals surface area contributed by atoms with Crippen LogP contribution in [0.4, 0.5) is 21.9 Å². The quantitative estimate of drug-likeness (QED) is 0.240. The summed E-state index contributed by atoms with van der Waals surface area (Å²) < 4.78 is 0. The van der Waals surface area contributed by atoms with Gasteiger partial charge in [-0.05, 0) is 53.9 Å². The fraction of sp³-hybridized carbons (Fsp3) is 0.152. The molecule has 42 heavy (non-hydrogen) atoms. The molecular formula is C33H30N4O5. The Morgan fingerprint density at radius 3 is 2.24 bits per heavy atom. The zero-order valence-electron chi connectivity index (χ0n) is 22.9. The molecule has 5 rings (SSSR count). The first-order chi connectivity index (χ1) is 20.3. The van der Waals surface area contributed by atoms with Gasteiger partial charge >= 0.3 is 12.0 Å². The summed E-state index contributed by atoms with van der Waals surface area (Å²) >= 11 is 0. The summed E-state index contributed by atoms with van der Waals surface area (Å²) in [7, 11) is 0. The molecule has 4 amide bonds. The van der Waals surface area contributed by atoms with Gasteiger partial charge in [0.1, 0.15) is 12.1 Å². The van der Waals surface area contributed by atoms with E-state index in [0.717, 1.165) is 16.7 Å². The highest BCUT2D eigenvalue weighted by atomic mass is 16.4. The number of amides is 4. The van der Waals surface area contributed by atoms with Crippen LogP contribution in [-0.2, 0) is 22.4 Å². The van der Waals surface area contributed by atoms with E-state index < -0.39 is 35.9 Å². The van der Waals surface area contributed by atoms with Crippen LogP contribution in [0.1, 0.15) is 27.0 Å². The first-order valence-electron chi connectivity index (χ1n) is 13.5. The van der Waals surface area contributed by atoms with Crippen LogP contribution in [0.2, 0.25) is 0 Å². The Labute approximate surface area is 243 Å². The van der Waals surface area contributed by atoms with Crippen molar-refractivity contribution in [2.75, 3.05) is 15.5 Å². The van der Waals surface area contributed by atoms with Crippen LogP contribution in [0.25, 0.3) is 0 Å². The van der Waals surface area contributed by atoms with E-state index in [4.69, 9.17) is 0 Å². The molecule has 212 valence electrons. The molecule has 1 aliphatic rings. The molecule has 4 N–H and O–H groups in total. The van der Waals surface area contributed by atoms with E-state index in [2.05, 4.69) is 16.0 Å². The topological polar surface area (TPSA) is 128 Å². The average molecular weight is 563 g/mol. The number of benzene rings is 4. The predicted molar refractivity (Wildman–Crippen MR) is 161 cm³/mol. The number of carboxylic acids is 1. The second-order valence-electron chi connectivity index (χ2n) is 10.2. The van der Waals surface area contributed by atoms with Crippen molar-refractivity contribution in [3.63, 3.8) is 0 Å². The third-order valence-electron chi connectivity index (χ3n) is 7.04. The summed E-state index contributed by atoms with van der Waals surface area (Å²) in [6, 6.07) is 27.8. The van der Waals surface area contributed by atoms with E-state index in [9.17, 15) is 24.3 Å². The third kappa shape index (κ3) is 6.47. The van der Waals surface area contributed by atoms with Crippen molar-refractivity contribution >= 4 is 40.9 Å². The number of hydrogen-bond acceptors (Lipinski definition) is 4. The van der Waals surface area contributed by atoms with Crippen LogP contribution in [0, 0.1) is 6.92 Å². The average Bonchev–Trinajstić information content (AvgIpc) is 2.98. The number of aliphatic carboxylic acids is 1. The van der Waals surface area contributed by atoms with E-state index in [1.165, 1.54) is 17.0 Å². The largest absolute Gasteiger partial charge is 0.480 e. The molecule has 0 spiro atoms. The Kier molecular flexibility index (Phi) is 8.29. The molecule has 0 fully saturated rings. The lowest BCUT2D eigenvalue weighted by Gasteiger charge is -2.36. The Bertz CT molecular complexity index is 1620. The Hall–Kier alpha value is -5.44. The molecule has 9 nitrogen and oxygen atoms in total. The predicted octanol–water partition coefficient (Wildman–Crippen LogP) is 5.02. The van der Waals surface area contributed by atoms with Crippen molar-refractivity contribution in [1.82, 2.24) is 5.32 Å². The van der Waals surface area contributed by atoms with Crippen molar-refractivity contribution < 1.29 is 24.3 Å². The number of hydrogen-bond donors (Lipinski definition) is 4. The van der Waals surface area contributed by atoms with E-state index in [0.29, 0.717) is 11.4 Å². The molecule has 4 aromatic rings. The number of carbonyl (C=O) groups is 4. The van der Waals surface area contributed by atoms with Crippen molar-refractivity contribution in [2.45, 2.75) is 31.8 Å². The molecule has 1 aliphatic heterocycles. The summed E-state index contributed by atoms with van der Waals surface area (Å²) in [6.45, 7) is 1.92. The monoisotopic (exact) mass is 562 g/mol. The van der Waals surface area contributed by atoms with Gasteiger partial charge < -0.3 is 21.1 Å². The molecule has 1 heterocycles. The van der Waals surface area contributed by atoms with Crippen LogP contribution in [0.15, 0.2) is 103 Å². The van der Waals surface area contributed by atoms with Crippen LogP contribution in [0.5, 0.6) is 0 Å². The molecule has 9 heteroatoms. The fourth-order valence-corrected chi connectivity index (χ4v) is 4.96. The number of urea groups is 1. The second kappa shape index (κ2) is 12.4. The number of aryl methyl sites for hydroxylation is 1. The fourth-order valence-electron chi connectivity index (χ4n) is 4.96. The van der Waals surface area contributed by atoms with Gasteiger partial charge in [0.25, 0.3) is 5.91 Å². The molecule has 0 bridgehead atoms. The lowest BCUT2D eigenvalue weighted by molar-refractivity contribution is -0.139. The van der Waals surface area contributed by atoms with Gasteiger partial charge in [0.2, 0.25) is 5.91 Å². The van der Waals surface area contributed by atoms with Gasteiger partial charge in [0, 0.05) is 24.1 Å². The number of carboxylic acid groups (broad SMARTS) is 1. The van der Waals surface area contributed by atoms with Crippen molar-refractivity contribution in [1.29, 1.82) is 0 Å². The molecule has 0 radical (unpaired) electrons. The highest BCUT2D eigenvalue weighted by Gasteiger charge is 2.37. The summed E-state index contributed by atoms with van der Waals surface area (Å²) in [5.74, 6) is -2.19. The Balaban J connectivity index is 1.43. The van der Waals surface area contributed by atoms with Gasteiger partial charge in [-0.15, -0.1) is 0 Å². The standard InChI is InChI=1S/C33H30N4O5/c1-21-9-8-14-25(17-21)34-33(42)37-28-16-15-24(30(38)36-27(32(40)41)18-22-10-4-2-5-11-22)20-26(28)35-31(39)29(37)19-23-12-6-3-7-13-23/h2-17,20,27,29H,18-19H2,1H3,(H,34,42)(H,35,39)(H,36,38)(H,40,41). The number of nitrogens with one attached hydrogen (secondary N) is 3. The van der Waals surface area contributed by atoms with E-state index >= 15 is 0 Å². The molecule has 4 aromatic carbocycles. The number of fused-ring (bicyclic) bond motifs is 1. The minimum absolute atomic E-state index is 0.109. The molecule has 2 unspecified atom stereocenters. The van der Waals surface area contributed by atoms with Gasteiger partial charge in [-0.1, -0.05) is 72.8 Å². The molecular weight excluding hydrogens is 532 g/mol. The van der Waals surface area contributed by atoms with Crippen LogP contribution in [0.3, 0.4) is 0 Å². The molecule has 0 saturated heterocycles. The maximum Gasteiger partial charge on any atom is 0.327 e. The smallest absolute Gasteiger partial charge is 0.327 e. The number of rotatable bonds is 8. The van der Waals surface area contributed by atoms with Crippen LogP contribution in [-0.4, -0.2) is 41.0 Å². The van der Waals surface area contributed by atoms with Crippen molar-refractivity contribution in [3.8, 4) is 0 Å². The van der Waals surface area contributed by atoms with Gasteiger partial charge in [-0.2, -0.15) is 0 Å². The van der Waals surface area contributed by atoms with E-state index in [1.54, 1.807) is 36.4 Å². The summed E-state index contributed by atoms with van der Waals surface area (Å²) in [4.78, 5) is 53.5. The highest BCUT2D eigenvalue weighted by Crippen LogP contribution is 2.35. The SMILES string of the molecule is Cc1cccc(NC(=O)N2c3ccc(C(=O)NC(Cc4ccccc4)C(=O)O)cc3NC(=O)C2Cc2ccccc2)c1. The van der Waals surface area contributed by atoms with Gasteiger partial charge in [0.15, 0.2) is 0 Å². The van der Waals surface area contributed by atoms with E-state index in [1.807, 2.05) is 61.5 Å². The van der Waals surface area contributed by atoms with Crippen LogP contribution >= 0.6 is 0 Å². The van der Waals surface area contributed by atoms with E-state index in [-0.39, 0.29) is 24.1 Å². The lowest BCUT2D eigenvalue weighted by atomic mass is 9.99. The second-order valence-corrected chi connectivity index (χ2v) is 10.2. The van der Waals surface area contributed by atoms with Gasteiger partial charge in [0.05, 0.1) is 11.4 Å². The van der Waals surface area contributed by atoms with Gasteiger partial charge in [-0.25, -0.2) is 9.59 Å². The maximum absolute atomic E-state index is 13.7. The summed E-state index contributed by atoms with van der Waals surface area (Å²) in [6.07, 6.45) is 0.382. The normalized spacial score (nSPS) is 14.7. The zero-order valence-corrected chi connectivity index (χ0v) is 22.9. The number of nitrogens with zero attached hydrogens (tertiary/aromatic N) is 1. The molecule has 0 aliphatic carbocycles. The molecule has 0 saturated carbocycles. The zero-order chi connectivity index (χ0) is 29.6. The third-order valence-corrected chi connectivity index (χ3v) is 7.04. The lowest BCUT2D eigenvalue weighted by Crippen LogP contribution is -2.53. The first-order valence-corrected chi connectivity index (χ1v) is 13.5. The first kappa shape index (κ1) is 28.1. The summed E-state index contributed by atoms with van der Waals surface area (Å²) in [5.41, 5.74) is 4.02. The van der Waals surface area contributed by atoms with Crippen LogP contribution < -0.4 is 20.9 Å². The minimum Gasteiger partial charge on any atom is -0.480 e. The van der Waals surface area contributed by atoms with Crippen molar-refractivity contribution in [3.05, 3.63) is 125 Å². The Morgan fingerprint density at radius 1 is 0.881 bits per heavy atom. The van der Waals surface area contributed by atoms with Gasteiger partial charge in [-0.3, -0.25) is 14.5 Å². The van der Waals surface area contributed by atoms with Crippen molar-refractivity contribution in [2.24, 2.45) is 0 Å². The molecule has 0 aromatic heterocycles. The summed E-state index contributed by atoms with van der Waals surface area (Å²) in [5, 5.41) is 18.0. The minimum atomic E-state index is -1.17. The Morgan fingerprint density at radius 2 is 1.57 bits per heavy atom.